The lowest BCUT2D eigenvalue weighted by Crippen LogP contribution is -2.32. The number of rotatable bonds is 8. The van der Waals surface area contributed by atoms with Crippen LogP contribution >= 0.6 is 0 Å². The number of unbranched alkanes of at least 4 members (excludes halogenated alkanes) is 1. The van der Waals surface area contributed by atoms with Crippen LogP contribution in [0.1, 0.15) is 66.2 Å². The first kappa shape index (κ1) is 14.5. The first-order valence-electron chi connectivity index (χ1n) is 6.34. The fraction of sp³-hybridized carbons (Fsp3) is 0.923. The Morgan fingerprint density at radius 3 is 2.07 bits per heavy atom. The van der Waals surface area contributed by atoms with E-state index in [-0.39, 0.29) is 11.4 Å². The zero-order chi connectivity index (χ0) is 11.7. The highest BCUT2D eigenvalue weighted by Crippen LogP contribution is 2.33. The molecule has 0 heterocycles. The van der Waals surface area contributed by atoms with Crippen molar-refractivity contribution in [3.05, 3.63) is 0 Å². The van der Waals surface area contributed by atoms with Crippen molar-refractivity contribution in [2.75, 3.05) is 6.61 Å². The molecule has 0 aromatic carbocycles. The van der Waals surface area contributed by atoms with Gasteiger partial charge >= 0.3 is 5.97 Å². The quantitative estimate of drug-likeness (QED) is 0.452. The minimum absolute atomic E-state index is 0.0165. The Kier molecular flexibility index (Phi) is 7.45. The number of hydrogen-bond donors (Lipinski definition) is 0. The predicted molar refractivity (Wildman–Crippen MR) is 63.8 cm³/mol. The van der Waals surface area contributed by atoms with Gasteiger partial charge in [-0.25, -0.2) is 0 Å². The van der Waals surface area contributed by atoms with E-state index in [1.807, 2.05) is 0 Å². The van der Waals surface area contributed by atoms with Crippen molar-refractivity contribution < 1.29 is 9.53 Å². The minimum Gasteiger partial charge on any atom is -0.465 e. The SMILES string of the molecule is CCCCOC(=O)C(CC)(CC)CCC. The maximum absolute atomic E-state index is 12.0. The van der Waals surface area contributed by atoms with Crippen LogP contribution in [-0.4, -0.2) is 12.6 Å². The van der Waals surface area contributed by atoms with Crippen molar-refractivity contribution in [3.63, 3.8) is 0 Å². The highest BCUT2D eigenvalue weighted by atomic mass is 16.5. The molecule has 0 saturated heterocycles. The number of ether oxygens (including phenoxy) is 1. The van der Waals surface area contributed by atoms with Gasteiger partial charge in [-0.3, -0.25) is 4.79 Å². The lowest BCUT2D eigenvalue weighted by atomic mass is 9.78. The normalized spacial score (nSPS) is 11.5. The zero-order valence-corrected chi connectivity index (χ0v) is 10.8. The second-order valence-corrected chi connectivity index (χ2v) is 4.23. The molecule has 0 aromatic rings. The Bertz CT molecular complexity index is 171. The van der Waals surface area contributed by atoms with E-state index in [0.29, 0.717) is 6.61 Å². The summed E-state index contributed by atoms with van der Waals surface area (Å²) >= 11 is 0. The number of carbonyl (C=O) groups excluding carboxylic acids is 1. The summed E-state index contributed by atoms with van der Waals surface area (Å²) in [6.07, 6.45) is 5.83. The highest BCUT2D eigenvalue weighted by Gasteiger charge is 2.35. The number of carbonyl (C=O) groups is 1. The molecule has 0 radical (unpaired) electrons. The number of esters is 1. The van der Waals surface area contributed by atoms with Crippen LogP contribution < -0.4 is 0 Å². The predicted octanol–water partition coefficient (Wildman–Crippen LogP) is 3.94. The van der Waals surface area contributed by atoms with E-state index < -0.39 is 0 Å². The van der Waals surface area contributed by atoms with Crippen LogP contribution in [0.4, 0.5) is 0 Å². The fourth-order valence-electron chi connectivity index (χ4n) is 1.94. The molecule has 0 aromatic heterocycles. The van der Waals surface area contributed by atoms with Crippen molar-refractivity contribution >= 4 is 5.97 Å². The first-order valence-corrected chi connectivity index (χ1v) is 6.34. The second kappa shape index (κ2) is 7.72. The van der Waals surface area contributed by atoms with Gasteiger partial charge in [0.05, 0.1) is 12.0 Å². The molecule has 0 atom stereocenters. The minimum atomic E-state index is -0.220. The Labute approximate surface area is 94.4 Å². The summed E-state index contributed by atoms with van der Waals surface area (Å²) in [5.74, 6) is 0.0165. The molecule has 90 valence electrons. The molecule has 15 heavy (non-hydrogen) atoms. The summed E-state index contributed by atoms with van der Waals surface area (Å²) in [7, 11) is 0. The Morgan fingerprint density at radius 2 is 1.67 bits per heavy atom. The maximum Gasteiger partial charge on any atom is 0.312 e. The lowest BCUT2D eigenvalue weighted by molar-refractivity contribution is -0.157. The topological polar surface area (TPSA) is 26.3 Å². The third kappa shape index (κ3) is 4.23. The van der Waals surface area contributed by atoms with Gasteiger partial charge in [-0.2, -0.15) is 0 Å². The van der Waals surface area contributed by atoms with Gasteiger partial charge in [0.25, 0.3) is 0 Å². The standard InChI is InChI=1S/C13H26O2/c1-5-9-11-15-12(14)13(7-3,8-4)10-6-2/h5-11H2,1-4H3. The number of hydrogen-bond acceptors (Lipinski definition) is 2. The molecule has 0 spiro atoms. The van der Waals surface area contributed by atoms with E-state index in [2.05, 4.69) is 27.7 Å². The summed E-state index contributed by atoms with van der Waals surface area (Å²) in [5.41, 5.74) is -0.220. The van der Waals surface area contributed by atoms with Gasteiger partial charge in [-0.1, -0.05) is 40.5 Å². The van der Waals surface area contributed by atoms with Crippen molar-refractivity contribution in [1.82, 2.24) is 0 Å². The Morgan fingerprint density at radius 1 is 1.07 bits per heavy atom. The van der Waals surface area contributed by atoms with Gasteiger partial charge in [0.15, 0.2) is 0 Å². The smallest absolute Gasteiger partial charge is 0.312 e. The van der Waals surface area contributed by atoms with Crippen LogP contribution in [0.2, 0.25) is 0 Å². The van der Waals surface area contributed by atoms with Crippen molar-refractivity contribution in [3.8, 4) is 0 Å². The van der Waals surface area contributed by atoms with E-state index in [9.17, 15) is 4.79 Å². The van der Waals surface area contributed by atoms with Gasteiger partial charge < -0.3 is 4.74 Å². The fourth-order valence-corrected chi connectivity index (χ4v) is 1.94. The molecular weight excluding hydrogens is 188 g/mol. The molecule has 0 aliphatic rings. The lowest BCUT2D eigenvalue weighted by Gasteiger charge is -2.28. The Balaban J connectivity index is 4.27. The third-order valence-corrected chi connectivity index (χ3v) is 3.25. The van der Waals surface area contributed by atoms with Gasteiger partial charge in [0, 0.05) is 0 Å². The maximum atomic E-state index is 12.0. The van der Waals surface area contributed by atoms with E-state index in [1.54, 1.807) is 0 Å². The van der Waals surface area contributed by atoms with Crippen LogP contribution in [-0.2, 0) is 9.53 Å². The van der Waals surface area contributed by atoms with Crippen LogP contribution in [0.3, 0.4) is 0 Å². The molecule has 2 nitrogen and oxygen atoms in total. The molecule has 0 aliphatic carbocycles. The first-order chi connectivity index (χ1) is 7.16. The molecule has 0 rings (SSSR count). The summed E-state index contributed by atoms with van der Waals surface area (Å²) in [5, 5.41) is 0. The van der Waals surface area contributed by atoms with Gasteiger partial charge in [-0.05, 0) is 25.7 Å². The van der Waals surface area contributed by atoms with E-state index in [0.717, 1.165) is 38.5 Å². The molecule has 0 bridgehead atoms. The van der Waals surface area contributed by atoms with Crippen LogP contribution in [0.25, 0.3) is 0 Å². The monoisotopic (exact) mass is 214 g/mol. The Hall–Kier alpha value is -0.530. The van der Waals surface area contributed by atoms with E-state index in [1.165, 1.54) is 0 Å². The molecule has 0 fully saturated rings. The third-order valence-electron chi connectivity index (χ3n) is 3.25. The summed E-state index contributed by atoms with van der Waals surface area (Å²) in [6, 6.07) is 0. The summed E-state index contributed by atoms with van der Waals surface area (Å²) in [6.45, 7) is 8.98. The summed E-state index contributed by atoms with van der Waals surface area (Å²) < 4.78 is 5.34. The second-order valence-electron chi connectivity index (χ2n) is 4.23. The van der Waals surface area contributed by atoms with Gasteiger partial charge in [0.1, 0.15) is 0 Å². The van der Waals surface area contributed by atoms with Gasteiger partial charge in [-0.15, -0.1) is 0 Å². The van der Waals surface area contributed by atoms with Crippen LogP contribution in [0, 0.1) is 5.41 Å². The molecule has 0 amide bonds. The van der Waals surface area contributed by atoms with Crippen molar-refractivity contribution in [2.45, 2.75) is 66.2 Å². The molecular formula is C13H26O2. The van der Waals surface area contributed by atoms with Gasteiger partial charge in [0.2, 0.25) is 0 Å². The average Bonchev–Trinajstić information content (AvgIpc) is 2.26. The highest BCUT2D eigenvalue weighted by molar-refractivity contribution is 5.76. The average molecular weight is 214 g/mol. The van der Waals surface area contributed by atoms with E-state index in [4.69, 9.17) is 4.74 Å². The van der Waals surface area contributed by atoms with Crippen molar-refractivity contribution in [2.24, 2.45) is 5.41 Å². The molecule has 0 unspecified atom stereocenters. The summed E-state index contributed by atoms with van der Waals surface area (Å²) in [4.78, 5) is 12.0. The molecule has 0 aliphatic heterocycles. The zero-order valence-electron chi connectivity index (χ0n) is 10.8. The molecule has 0 N–H and O–H groups in total. The van der Waals surface area contributed by atoms with Crippen LogP contribution in [0.15, 0.2) is 0 Å². The van der Waals surface area contributed by atoms with E-state index >= 15 is 0 Å². The molecule has 0 saturated carbocycles. The van der Waals surface area contributed by atoms with Crippen molar-refractivity contribution in [1.29, 1.82) is 0 Å². The molecule has 2 heteroatoms. The largest absolute Gasteiger partial charge is 0.465 e. The van der Waals surface area contributed by atoms with Crippen LogP contribution in [0.5, 0.6) is 0 Å².